The largest absolute Gasteiger partial charge is 0.334 e. The second-order valence-corrected chi connectivity index (χ2v) is 5.13. The molecular weight excluding hydrogens is 227 g/mol. The first-order valence-corrected chi connectivity index (χ1v) is 6.53. The molecule has 0 bridgehead atoms. The highest BCUT2D eigenvalue weighted by atomic mass is 19.1. The molecule has 1 aliphatic rings. The Balaban J connectivity index is 1.85. The number of rotatable bonds is 2. The number of hydrogen-bond acceptors (Lipinski definition) is 1. The van der Waals surface area contributed by atoms with Crippen LogP contribution in [0.1, 0.15) is 42.8 Å². The van der Waals surface area contributed by atoms with Gasteiger partial charge in [0.15, 0.2) is 0 Å². The second-order valence-electron chi connectivity index (χ2n) is 5.13. The van der Waals surface area contributed by atoms with Crippen LogP contribution >= 0.6 is 0 Å². The van der Waals surface area contributed by atoms with E-state index >= 15 is 0 Å². The molecule has 0 amide bonds. The van der Waals surface area contributed by atoms with Crippen LogP contribution in [0.15, 0.2) is 30.5 Å². The highest BCUT2D eigenvalue weighted by molar-refractivity contribution is 5.23. The molecule has 2 aromatic rings. The van der Waals surface area contributed by atoms with E-state index < -0.39 is 0 Å². The zero-order valence-corrected chi connectivity index (χ0v) is 10.6. The van der Waals surface area contributed by atoms with Gasteiger partial charge in [-0.15, -0.1) is 0 Å². The Morgan fingerprint density at radius 3 is 3.11 bits per heavy atom. The summed E-state index contributed by atoms with van der Waals surface area (Å²) in [5.41, 5.74) is 2.03. The van der Waals surface area contributed by atoms with Crippen molar-refractivity contribution in [2.45, 2.75) is 38.6 Å². The molecule has 2 heterocycles. The van der Waals surface area contributed by atoms with E-state index in [-0.39, 0.29) is 5.82 Å². The lowest BCUT2D eigenvalue weighted by Crippen LogP contribution is -2.12. The third kappa shape index (κ3) is 2.17. The summed E-state index contributed by atoms with van der Waals surface area (Å²) < 4.78 is 15.4. The number of benzene rings is 1. The first-order chi connectivity index (χ1) is 8.72. The minimum atomic E-state index is -0.176. The highest BCUT2D eigenvalue weighted by Gasteiger charge is 2.19. The number of fused-ring (bicyclic) bond motifs is 1. The van der Waals surface area contributed by atoms with Crippen molar-refractivity contribution in [3.63, 3.8) is 0 Å². The Hall–Kier alpha value is -1.64. The van der Waals surface area contributed by atoms with Crippen molar-refractivity contribution in [2.75, 3.05) is 0 Å². The molecule has 2 nitrogen and oxygen atoms in total. The van der Waals surface area contributed by atoms with E-state index in [4.69, 9.17) is 4.98 Å². The smallest absolute Gasteiger partial charge is 0.123 e. The van der Waals surface area contributed by atoms with E-state index in [2.05, 4.69) is 17.7 Å². The zero-order valence-electron chi connectivity index (χ0n) is 10.6. The fourth-order valence-electron chi connectivity index (χ4n) is 2.70. The van der Waals surface area contributed by atoms with Gasteiger partial charge in [0.25, 0.3) is 0 Å². The van der Waals surface area contributed by atoms with E-state index in [0.29, 0.717) is 12.3 Å². The number of aryl methyl sites for hydroxylation is 1. The Kier molecular flexibility index (Phi) is 2.90. The van der Waals surface area contributed by atoms with Gasteiger partial charge in [0.2, 0.25) is 0 Å². The average molecular weight is 244 g/mol. The second kappa shape index (κ2) is 4.56. The molecule has 0 saturated heterocycles. The molecule has 0 fully saturated rings. The van der Waals surface area contributed by atoms with Crippen LogP contribution in [0.2, 0.25) is 0 Å². The molecule has 0 N–H and O–H groups in total. The number of hydrogen-bond donors (Lipinski definition) is 0. The normalized spacial score (nSPS) is 18.7. The molecule has 1 aliphatic heterocycles. The van der Waals surface area contributed by atoms with Crippen LogP contribution in [0, 0.1) is 5.82 Å². The van der Waals surface area contributed by atoms with Gasteiger partial charge in [0, 0.05) is 25.1 Å². The summed E-state index contributed by atoms with van der Waals surface area (Å²) in [5, 5.41) is 0. The molecule has 3 heteroatoms. The van der Waals surface area contributed by atoms with Gasteiger partial charge in [0.05, 0.1) is 5.69 Å². The zero-order chi connectivity index (χ0) is 12.5. The quantitative estimate of drug-likeness (QED) is 0.790. The van der Waals surface area contributed by atoms with E-state index in [0.717, 1.165) is 17.8 Å². The summed E-state index contributed by atoms with van der Waals surface area (Å²) in [6.07, 6.45) is 5.28. The lowest BCUT2D eigenvalue weighted by Gasteiger charge is -2.19. The number of halogens is 1. The van der Waals surface area contributed by atoms with Crippen LogP contribution < -0.4 is 0 Å². The minimum Gasteiger partial charge on any atom is -0.334 e. The van der Waals surface area contributed by atoms with Crippen LogP contribution in [0.3, 0.4) is 0 Å². The summed E-state index contributed by atoms with van der Waals surface area (Å²) in [6.45, 7) is 3.29. The van der Waals surface area contributed by atoms with E-state index in [9.17, 15) is 4.39 Å². The SMILES string of the molecule is CC1CCCn2cc(Cc3cccc(F)c3)nc21. The van der Waals surface area contributed by atoms with Gasteiger partial charge in [-0.1, -0.05) is 19.1 Å². The average Bonchev–Trinajstić information content (AvgIpc) is 2.73. The van der Waals surface area contributed by atoms with Crippen molar-refractivity contribution in [3.8, 4) is 0 Å². The van der Waals surface area contributed by atoms with Gasteiger partial charge in [0.1, 0.15) is 11.6 Å². The Morgan fingerprint density at radius 2 is 2.33 bits per heavy atom. The molecule has 3 rings (SSSR count). The number of nitrogens with zero attached hydrogens (tertiary/aromatic N) is 2. The minimum absolute atomic E-state index is 0.176. The fourth-order valence-corrected chi connectivity index (χ4v) is 2.70. The summed E-state index contributed by atoms with van der Waals surface area (Å²) in [5.74, 6) is 1.55. The van der Waals surface area contributed by atoms with Gasteiger partial charge in [-0.2, -0.15) is 0 Å². The van der Waals surface area contributed by atoms with Crippen molar-refractivity contribution < 1.29 is 4.39 Å². The lowest BCUT2D eigenvalue weighted by molar-refractivity contribution is 0.463. The topological polar surface area (TPSA) is 17.8 Å². The summed E-state index contributed by atoms with van der Waals surface area (Å²) >= 11 is 0. The maximum Gasteiger partial charge on any atom is 0.123 e. The van der Waals surface area contributed by atoms with Crippen LogP contribution in [0.4, 0.5) is 4.39 Å². The molecule has 0 saturated carbocycles. The first-order valence-electron chi connectivity index (χ1n) is 6.53. The Morgan fingerprint density at radius 1 is 1.44 bits per heavy atom. The Labute approximate surface area is 106 Å². The van der Waals surface area contributed by atoms with Gasteiger partial charge in [-0.25, -0.2) is 9.37 Å². The highest BCUT2D eigenvalue weighted by Crippen LogP contribution is 2.26. The summed E-state index contributed by atoms with van der Waals surface area (Å²) in [7, 11) is 0. The molecule has 0 aliphatic carbocycles. The van der Waals surface area contributed by atoms with Crippen LogP contribution in [0.25, 0.3) is 0 Å². The molecule has 0 radical (unpaired) electrons. The van der Waals surface area contributed by atoms with Gasteiger partial charge < -0.3 is 4.57 Å². The molecule has 1 aromatic heterocycles. The van der Waals surface area contributed by atoms with Gasteiger partial charge in [-0.3, -0.25) is 0 Å². The molecule has 0 spiro atoms. The van der Waals surface area contributed by atoms with Crippen molar-refractivity contribution in [1.82, 2.24) is 9.55 Å². The van der Waals surface area contributed by atoms with E-state index in [1.165, 1.54) is 24.7 Å². The van der Waals surface area contributed by atoms with E-state index in [1.807, 2.05) is 6.07 Å². The Bertz CT molecular complexity index is 559. The monoisotopic (exact) mass is 244 g/mol. The van der Waals surface area contributed by atoms with Gasteiger partial charge >= 0.3 is 0 Å². The molecule has 94 valence electrons. The summed E-state index contributed by atoms with van der Waals surface area (Å²) in [6, 6.07) is 6.76. The van der Waals surface area contributed by atoms with Crippen molar-refractivity contribution in [1.29, 1.82) is 0 Å². The predicted molar refractivity (Wildman–Crippen MR) is 69.1 cm³/mol. The fraction of sp³-hybridized carbons (Fsp3) is 0.400. The van der Waals surface area contributed by atoms with Crippen molar-refractivity contribution in [3.05, 3.63) is 53.4 Å². The van der Waals surface area contributed by atoms with Crippen LogP contribution in [-0.4, -0.2) is 9.55 Å². The molecule has 1 aromatic carbocycles. The molecule has 1 atom stereocenters. The maximum atomic E-state index is 13.1. The molecular formula is C15H17FN2. The third-order valence-corrected chi connectivity index (χ3v) is 3.61. The van der Waals surface area contributed by atoms with Crippen LogP contribution in [-0.2, 0) is 13.0 Å². The van der Waals surface area contributed by atoms with Gasteiger partial charge in [-0.05, 0) is 30.5 Å². The molecule has 1 unspecified atom stereocenters. The number of aromatic nitrogens is 2. The lowest BCUT2D eigenvalue weighted by atomic mass is 10.0. The van der Waals surface area contributed by atoms with Crippen molar-refractivity contribution in [2.24, 2.45) is 0 Å². The molecule has 18 heavy (non-hydrogen) atoms. The summed E-state index contributed by atoms with van der Waals surface area (Å²) in [4.78, 5) is 4.70. The van der Waals surface area contributed by atoms with Crippen LogP contribution in [0.5, 0.6) is 0 Å². The number of imidazole rings is 1. The standard InChI is InChI=1S/C15H17FN2/c1-11-4-3-7-18-10-14(17-15(11)18)9-12-5-2-6-13(16)8-12/h2,5-6,8,10-11H,3-4,7,9H2,1H3. The maximum absolute atomic E-state index is 13.1. The third-order valence-electron chi connectivity index (χ3n) is 3.61. The van der Waals surface area contributed by atoms with E-state index in [1.54, 1.807) is 12.1 Å². The van der Waals surface area contributed by atoms with Crippen molar-refractivity contribution >= 4 is 0 Å². The predicted octanol–water partition coefficient (Wildman–Crippen LogP) is 3.51. The first kappa shape index (κ1) is 11.5.